The van der Waals surface area contributed by atoms with Gasteiger partial charge < -0.3 is 10.2 Å². The maximum absolute atomic E-state index is 14.3. The van der Waals surface area contributed by atoms with Crippen molar-refractivity contribution in [2.45, 2.75) is 50.7 Å². The van der Waals surface area contributed by atoms with Crippen LogP contribution >= 0.6 is 0 Å². The molecule has 0 saturated heterocycles. The van der Waals surface area contributed by atoms with Gasteiger partial charge >= 0.3 is 0 Å². The zero-order chi connectivity index (χ0) is 24.3. The van der Waals surface area contributed by atoms with Gasteiger partial charge in [0.05, 0.1) is 5.56 Å². The molecule has 0 fully saturated rings. The minimum atomic E-state index is -4.21. The lowest BCUT2D eigenvalue weighted by atomic mass is 10.1. The predicted octanol–water partition coefficient (Wildman–Crippen LogP) is 2.30. The number of halogens is 1. The molecule has 3 rings (SSSR count). The zero-order valence-corrected chi connectivity index (χ0v) is 19.4. The van der Waals surface area contributed by atoms with Crippen LogP contribution in [0.3, 0.4) is 0 Å². The normalized spacial score (nSPS) is 16.1. The molecule has 1 N–H and O–H groups in total. The quantitative estimate of drug-likeness (QED) is 0.631. The van der Waals surface area contributed by atoms with Crippen LogP contribution < -0.4 is 5.32 Å². The van der Waals surface area contributed by atoms with Gasteiger partial charge in [-0.25, -0.2) is 17.1 Å². The van der Waals surface area contributed by atoms with Crippen molar-refractivity contribution < 1.29 is 27.2 Å². The van der Waals surface area contributed by atoms with Crippen molar-refractivity contribution in [3.05, 3.63) is 65.5 Å². The van der Waals surface area contributed by atoms with Crippen molar-refractivity contribution in [2.24, 2.45) is 0 Å². The number of amides is 3. The molecule has 1 heterocycles. The highest BCUT2D eigenvalue weighted by atomic mass is 32.2. The number of rotatable bonds is 8. The van der Waals surface area contributed by atoms with E-state index in [0.29, 0.717) is 10.7 Å². The number of carbonyl (C=O) groups is 3. The summed E-state index contributed by atoms with van der Waals surface area (Å²) in [6.45, 7) is 4.10. The molecule has 10 heteroatoms. The number of sulfonamides is 1. The summed E-state index contributed by atoms with van der Waals surface area (Å²) in [5.74, 6) is -2.65. The van der Waals surface area contributed by atoms with Crippen molar-refractivity contribution in [1.82, 2.24) is 14.5 Å². The molecule has 0 aliphatic carbocycles. The van der Waals surface area contributed by atoms with Gasteiger partial charge in [0, 0.05) is 18.2 Å². The first-order valence-electron chi connectivity index (χ1n) is 10.6. The van der Waals surface area contributed by atoms with Crippen molar-refractivity contribution in [2.75, 3.05) is 6.54 Å². The molecular formula is C23H26FN3O5S. The summed E-state index contributed by atoms with van der Waals surface area (Å²) in [5, 5.41) is 2.77. The Morgan fingerprint density at radius 3 is 2.36 bits per heavy atom. The van der Waals surface area contributed by atoms with Crippen LogP contribution in [-0.4, -0.2) is 54.0 Å². The maximum atomic E-state index is 14.3. The van der Waals surface area contributed by atoms with Crippen LogP contribution in [0, 0.1) is 5.82 Å². The second-order valence-electron chi connectivity index (χ2n) is 7.92. The van der Waals surface area contributed by atoms with E-state index < -0.39 is 46.1 Å². The van der Waals surface area contributed by atoms with E-state index in [9.17, 15) is 27.2 Å². The van der Waals surface area contributed by atoms with Crippen molar-refractivity contribution in [1.29, 1.82) is 0 Å². The molecule has 0 radical (unpaired) electrons. The van der Waals surface area contributed by atoms with Crippen LogP contribution in [0.15, 0.2) is 53.4 Å². The first-order chi connectivity index (χ1) is 15.6. The van der Waals surface area contributed by atoms with E-state index in [4.69, 9.17) is 0 Å². The minimum absolute atomic E-state index is 0.0199. The number of hydrogen-bond acceptors (Lipinski definition) is 5. The number of fused-ring (bicyclic) bond motifs is 1. The van der Waals surface area contributed by atoms with E-state index in [1.807, 2.05) is 6.92 Å². The van der Waals surface area contributed by atoms with E-state index in [1.165, 1.54) is 49.4 Å². The van der Waals surface area contributed by atoms with Gasteiger partial charge in [-0.05, 0) is 38.5 Å². The van der Waals surface area contributed by atoms with E-state index in [1.54, 1.807) is 13.0 Å². The molecule has 0 aromatic heterocycles. The highest BCUT2D eigenvalue weighted by Crippen LogP contribution is 2.30. The maximum Gasteiger partial charge on any atom is 0.269 e. The van der Waals surface area contributed by atoms with Crippen LogP contribution in [0.25, 0.3) is 0 Å². The molecule has 2 aromatic rings. The highest BCUT2D eigenvalue weighted by molar-refractivity contribution is 7.90. The Balaban J connectivity index is 1.90. The molecule has 0 unspecified atom stereocenters. The third-order valence-corrected chi connectivity index (χ3v) is 7.44. The molecule has 0 spiro atoms. The molecule has 0 bridgehead atoms. The second kappa shape index (κ2) is 9.70. The number of benzene rings is 2. The third kappa shape index (κ3) is 4.90. The first kappa shape index (κ1) is 24.4. The number of nitrogens with zero attached hydrogens (tertiary/aromatic N) is 2. The van der Waals surface area contributed by atoms with E-state index in [0.717, 1.165) is 4.90 Å². The monoisotopic (exact) mass is 475 g/mol. The van der Waals surface area contributed by atoms with Gasteiger partial charge in [-0.3, -0.25) is 14.4 Å². The Bertz CT molecular complexity index is 1180. The summed E-state index contributed by atoms with van der Waals surface area (Å²) in [6, 6.07) is 10.3. The fourth-order valence-electron chi connectivity index (χ4n) is 3.46. The highest BCUT2D eigenvalue weighted by Gasteiger charge is 2.43. The van der Waals surface area contributed by atoms with Gasteiger partial charge in [-0.1, -0.05) is 37.3 Å². The van der Waals surface area contributed by atoms with Gasteiger partial charge in [0.2, 0.25) is 11.8 Å². The fourth-order valence-corrected chi connectivity index (χ4v) is 4.98. The molecule has 8 nitrogen and oxygen atoms in total. The average molecular weight is 476 g/mol. The second-order valence-corrected chi connectivity index (χ2v) is 9.75. The Morgan fingerprint density at radius 1 is 1.09 bits per heavy atom. The summed E-state index contributed by atoms with van der Waals surface area (Å²) in [6.07, 6.45) is 0.665. The van der Waals surface area contributed by atoms with Gasteiger partial charge in [-0.2, -0.15) is 0 Å². The zero-order valence-electron chi connectivity index (χ0n) is 18.6. The van der Waals surface area contributed by atoms with Crippen LogP contribution in [-0.2, 0) is 26.2 Å². The Labute approximate surface area is 192 Å². The minimum Gasteiger partial charge on any atom is -0.352 e. The molecule has 2 aromatic carbocycles. The molecule has 2 atom stereocenters. The molecule has 1 aliphatic heterocycles. The summed E-state index contributed by atoms with van der Waals surface area (Å²) in [4.78, 5) is 39.6. The lowest BCUT2D eigenvalue weighted by Gasteiger charge is -2.31. The van der Waals surface area contributed by atoms with E-state index >= 15 is 0 Å². The average Bonchev–Trinajstić information content (AvgIpc) is 2.98. The first-order valence-corrected chi connectivity index (χ1v) is 12.0. The largest absolute Gasteiger partial charge is 0.352 e. The Morgan fingerprint density at radius 2 is 1.73 bits per heavy atom. The Kier molecular flexibility index (Phi) is 7.16. The lowest BCUT2D eigenvalue weighted by Crippen LogP contribution is -2.52. The van der Waals surface area contributed by atoms with Crippen molar-refractivity contribution in [3.63, 3.8) is 0 Å². The van der Waals surface area contributed by atoms with Crippen LogP contribution in [0.4, 0.5) is 4.39 Å². The number of carbonyl (C=O) groups excluding carboxylic acids is 3. The summed E-state index contributed by atoms with van der Waals surface area (Å²) < 4.78 is 40.5. The lowest BCUT2D eigenvalue weighted by molar-refractivity contribution is -0.140. The molecule has 176 valence electrons. The predicted molar refractivity (Wildman–Crippen MR) is 119 cm³/mol. The standard InChI is InChI=1S/C23H26FN3O5S/c1-4-15(2)25-22(29)16(3)26(13-17-9-5-7-11-19(17)24)21(28)14-27-23(30)18-10-6-8-12-20(18)33(27,31)32/h5-12,15-16H,4,13-14H2,1-3H3,(H,25,29)/t15-,16-/m0/s1. The molecule has 1 aliphatic rings. The fraction of sp³-hybridized carbons (Fsp3) is 0.348. The van der Waals surface area contributed by atoms with Crippen LogP contribution in [0.2, 0.25) is 0 Å². The van der Waals surface area contributed by atoms with Gasteiger partial charge in [0.1, 0.15) is 23.3 Å². The van der Waals surface area contributed by atoms with Crippen LogP contribution in [0.1, 0.15) is 43.1 Å². The van der Waals surface area contributed by atoms with Crippen molar-refractivity contribution in [3.8, 4) is 0 Å². The SMILES string of the molecule is CC[C@H](C)NC(=O)[C@H](C)N(Cc1ccccc1F)C(=O)CN1C(=O)c2ccccc2S1(=O)=O. The number of hydrogen-bond donors (Lipinski definition) is 1. The molecular weight excluding hydrogens is 449 g/mol. The number of nitrogens with one attached hydrogen (secondary N) is 1. The summed E-state index contributed by atoms with van der Waals surface area (Å²) in [7, 11) is -4.21. The van der Waals surface area contributed by atoms with Crippen molar-refractivity contribution >= 4 is 27.7 Å². The topological polar surface area (TPSA) is 104 Å². The smallest absolute Gasteiger partial charge is 0.269 e. The van der Waals surface area contributed by atoms with Gasteiger partial charge in [0.15, 0.2) is 0 Å². The summed E-state index contributed by atoms with van der Waals surface area (Å²) >= 11 is 0. The van der Waals surface area contributed by atoms with Gasteiger partial charge in [0.25, 0.3) is 15.9 Å². The van der Waals surface area contributed by atoms with Gasteiger partial charge in [-0.15, -0.1) is 0 Å². The van der Waals surface area contributed by atoms with E-state index in [2.05, 4.69) is 5.32 Å². The molecule has 0 saturated carbocycles. The Hall–Kier alpha value is -3.27. The third-order valence-electron chi connectivity index (χ3n) is 5.66. The molecule has 33 heavy (non-hydrogen) atoms. The molecule has 3 amide bonds. The van der Waals surface area contributed by atoms with Crippen LogP contribution in [0.5, 0.6) is 0 Å². The van der Waals surface area contributed by atoms with E-state index in [-0.39, 0.29) is 28.6 Å². The summed E-state index contributed by atoms with van der Waals surface area (Å²) in [5.41, 5.74) is 0.140.